The second kappa shape index (κ2) is 12.6. The fourth-order valence-corrected chi connectivity index (χ4v) is 4.73. The third kappa shape index (κ3) is 6.54. The topological polar surface area (TPSA) is 84.7 Å². The number of halogens is 2. The summed E-state index contributed by atoms with van der Waals surface area (Å²) >= 11 is 12.5. The molecule has 0 bridgehead atoms. The van der Waals surface area contributed by atoms with Gasteiger partial charge < -0.3 is 14.6 Å². The third-order valence-electron chi connectivity index (χ3n) is 6.16. The van der Waals surface area contributed by atoms with Crippen LogP contribution in [0.15, 0.2) is 77.9 Å². The van der Waals surface area contributed by atoms with Gasteiger partial charge in [0, 0.05) is 45.2 Å². The molecule has 0 aliphatic carbocycles. The van der Waals surface area contributed by atoms with Gasteiger partial charge in [-0.1, -0.05) is 77.8 Å². The Balaban J connectivity index is 1.56. The lowest BCUT2D eigenvalue weighted by Crippen LogP contribution is -2.47. The van der Waals surface area contributed by atoms with Crippen LogP contribution < -0.4 is 10.7 Å². The van der Waals surface area contributed by atoms with Crippen molar-refractivity contribution in [2.45, 2.75) is 32.9 Å². The van der Waals surface area contributed by atoms with E-state index < -0.39 is 18.0 Å². The summed E-state index contributed by atoms with van der Waals surface area (Å²) in [6.07, 6.45) is 1.26. The second-order valence-electron chi connectivity index (χ2n) is 8.68. The van der Waals surface area contributed by atoms with E-state index in [1.54, 1.807) is 19.2 Å². The average molecular weight is 551 g/mol. The van der Waals surface area contributed by atoms with Gasteiger partial charge in [0.1, 0.15) is 6.04 Å². The summed E-state index contributed by atoms with van der Waals surface area (Å²) in [6, 6.07) is 22.0. The van der Waals surface area contributed by atoms with Crippen LogP contribution >= 0.6 is 23.2 Å². The van der Waals surface area contributed by atoms with E-state index in [0.717, 1.165) is 33.3 Å². The van der Waals surface area contributed by atoms with Crippen molar-refractivity contribution in [3.63, 3.8) is 0 Å². The number of nitrogens with one attached hydrogen (secondary N) is 2. The number of carbonyl (C=O) groups excluding carboxylic acids is 2. The molecule has 0 fully saturated rings. The zero-order chi connectivity index (χ0) is 27.1. The lowest BCUT2D eigenvalue weighted by atomic mass is 10.1. The van der Waals surface area contributed by atoms with Crippen LogP contribution in [-0.2, 0) is 22.5 Å². The number of nitrogens with zero attached hydrogens (tertiary/aromatic N) is 2. The fraction of sp³-hybridized carbons (Fsp3) is 0.207. The minimum absolute atomic E-state index is 0.203. The van der Waals surface area contributed by atoms with E-state index in [9.17, 15) is 9.59 Å². The minimum atomic E-state index is -0.858. The number of rotatable bonds is 9. The molecule has 2 N–H and O–H groups in total. The Hall–Kier alpha value is -3.81. The molecular formula is C29H28Cl2N4O3. The molecule has 0 radical (unpaired) electrons. The van der Waals surface area contributed by atoms with Crippen LogP contribution in [-0.4, -0.2) is 35.4 Å². The Morgan fingerprint density at radius 3 is 2.53 bits per heavy atom. The number of ether oxygens (including phenoxy) is 1. The van der Waals surface area contributed by atoms with Gasteiger partial charge in [0.05, 0.1) is 12.8 Å². The van der Waals surface area contributed by atoms with Gasteiger partial charge in [0.2, 0.25) is 0 Å². The van der Waals surface area contributed by atoms with Crippen molar-refractivity contribution < 1.29 is 14.3 Å². The maximum absolute atomic E-state index is 13.0. The number of hydrogen-bond acceptors (Lipinski definition) is 4. The molecule has 1 atom stereocenters. The van der Waals surface area contributed by atoms with Crippen LogP contribution in [0.3, 0.4) is 0 Å². The Morgan fingerprint density at radius 1 is 1.05 bits per heavy atom. The SMILES string of the molecule is CCOC(=O)N[C@H](Cc1ccccc1)C(=O)N/N=C\c1c(C)n(Cc2ccc(Cl)cc2Cl)c2ccccc12. The van der Waals surface area contributed by atoms with Gasteiger partial charge in [-0.05, 0) is 43.2 Å². The molecule has 0 spiro atoms. The van der Waals surface area contributed by atoms with Crippen LogP contribution in [0.5, 0.6) is 0 Å². The van der Waals surface area contributed by atoms with Crippen molar-refractivity contribution >= 4 is 52.3 Å². The van der Waals surface area contributed by atoms with E-state index in [1.165, 1.54) is 0 Å². The highest BCUT2D eigenvalue weighted by Crippen LogP contribution is 2.28. The minimum Gasteiger partial charge on any atom is -0.450 e. The predicted octanol–water partition coefficient (Wildman–Crippen LogP) is 6.11. The van der Waals surface area contributed by atoms with Crippen molar-refractivity contribution in [3.05, 3.63) is 105 Å². The summed E-state index contributed by atoms with van der Waals surface area (Å²) in [5, 5.41) is 9.03. The highest BCUT2D eigenvalue weighted by atomic mass is 35.5. The number of hydrogen-bond donors (Lipinski definition) is 2. The van der Waals surface area contributed by atoms with Crippen LogP contribution in [0.1, 0.15) is 29.3 Å². The predicted molar refractivity (Wildman–Crippen MR) is 152 cm³/mol. The van der Waals surface area contributed by atoms with Crippen LogP contribution in [0.25, 0.3) is 10.9 Å². The highest BCUT2D eigenvalue weighted by Gasteiger charge is 2.22. The van der Waals surface area contributed by atoms with E-state index in [-0.39, 0.29) is 6.61 Å². The Bertz CT molecular complexity index is 1470. The first-order valence-corrected chi connectivity index (χ1v) is 12.9. The highest BCUT2D eigenvalue weighted by molar-refractivity contribution is 6.35. The number of benzene rings is 3. The summed E-state index contributed by atoms with van der Waals surface area (Å²) in [4.78, 5) is 25.1. The number of alkyl carbamates (subject to hydrolysis) is 1. The zero-order valence-corrected chi connectivity index (χ0v) is 22.6. The first kappa shape index (κ1) is 27.2. The maximum atomic E-state index is 13.0. The van der Waals surface area contributed by atoms with Gasteiger partial charge in [-0.2, -0.15) is 5.10 Å². The molecule has 4 rings (SSSR count). The summed E-state index contributed by atoms with van der Waals surface area (Å²) in [5.41, 5.74) is 7.25. The van der Waals surface area contributed by atoms with Gasteiger partial charge >= 0.3 is 6.09 Å². The van der Waals surface area contributed by atoms with Crippen LogP contribution in [0.2, 0.25) is 10.0 Å². The Kier molecular flexibility index (Phi) is 9.05. The number of fused-ring (bicyclic) bond motifs is 1. The van der Waals surface area contributed by atoms with Crippen LogP contribution in [0, 0.1) is 6.92 Å². The molecule has 0 saturated carbocycles. The first-order chi connectivity index (χ1) is 18.4. The standard InChI is InChI=1S/C29H28Cl2N4O3/c1-3-38-29(37)33-26(15-20-9-5-4-6-10-20)28(36)34-32-17-24-19(2)35(27-12-8-7-11-23(24)27)18-21-13-14-22(30)16-25(21)31/h4-14,16-17,26H,3,15,18H2,1-2H3,(H,33,37)(H,34,36)/b32-17-/t26-/m1/s1. The molecule has 1 aromatic heterocycles. The van der Waals surface area contributed by atoms with Crippen LogP contribution in [0.4, 0.5) is 4.79 Å². The lowest BCUT2D eigenvalue weighted by Gasteiger charge is -2.16. The van der Waals surface area contributed by atoms with Crippen molar-refractivity contribution in [1.82, 2.24) is 15.3 Å². The molecular weight excluding hydrogens is 523 g/mol. The molecule has 196 valence electrons. The van der Waals surface area contributed by atoms with E-state index in [0.29, 0.717) is 23.0 Å². The fourth-order valence-electron chi connectivity index (χ4n) is 4.26. The molecule has 0 unspecified atom stereocenters. The van der Waals surface area contributed by atoms with E-state index in [4.69, 9.17) is 27.9 Å². The summed E-state index contributed by atoms with van der Waals surface area (Å²) in [5.74, 6) is -0.451. The van der Waals surface area contributed by atoms with Gasteiger partial charge in [0.25, 0.3) is 5.91 Å². The lowest BCUT2D eigenvalue weighted by molar-refractivity contribution is -0.123. The first-order valence-electron chi connectivity index (χ1n) is 12.2. The number of hydrazone groups is 1. The van der Waals surface area contributed by atoms with Crippen molar-refractivity contribution in [1.29, 1.82) is 0 Å². The summed E-state index contributed by atoms with van der Waals surface area (Å²) in [7, 11) is 0. The molecule has 9 heteroatoms. The number of amides is 2. The van der Waals surface area contributed by atoms with Crippen molar-refractivity contribution in [2.75, 3.05) is 6.61 Å². The maximum Gasteiger partial charge on any atom is 0.407 e. The molecule has 0 saturated heterocycles. The Labute approximate surface area is 231 Å². The molecule has 0 aliphatic rings. The molecule has 0 aliphatic heterocycles. The Morgan fingerprint density at radius 2 is 1.79 bits per heavy atom. The number of para-hydroxylation sites is 1. The van der Waals surface area contributed by atoms with Gasteiger partial charge in [-0.15, -0.1) is 0 Å². The van der Waals surface area contributed by atoms with Gasteiger partial charge in [-0.3, -0.25) is 4.79 Å². The van der Waals surface area contributed by atoms with E-state index in [1.807, 2.05) is 73.7 Å². The largest absolute Gasteiger partial charge is 0.450 e. The van der Waals surface area contributed by atoms with E-state index >= 15 is 0 Å². The summed E-state index contributed by atoms with van der Waals surface area (Å²) < 4.78 is 7.12. The molecule has 38 heavy (non-hydrogen) atoms. The molecule has 7 nitrogen and oxygen atoms in total. The molecule has 3 aromatic carbocycles. The quantitative estimate of drug-likeness (QED) is 0.194. The smallest absolute Gasteiger partial charge is 0.407 e. The zero-order valence-electron chi connectivity index (χ0n) is 21.1. The number of aromatic nitrogens is 1. The normalized spacial score (nSPS) is 12.0. The second-order valence-corrected chi connectivity index (χ2v) is 9.52. The molecule has 1 heterocycles. The van der Waals surface area contributed by atoms with E-state index in [2.05, 4.69) is 20.4 Å². The van der Waals surface area contributed by atoms with Crippen molar-refractivity contribution in [3.8, 4) is 0 Å². The molecule has 4 aromatic rings. The average Bonchev–Trinajstić information content (AvgIpc) is 3.16. The third-order valence-corrected chi connectivity index (χ3v) is 6.75. The van der Waals surface area contributed by atoms with Gasteiger partial charge in [0.15, 0.2) is 0 Å². The monoisotopic (exact) mass is 550 g/mol. The van der Waals surface area contributed by atoms with Gasteiger partial charge in [-0.25, -0.2) is 10.2 Å². The molecule has 2 amide bonds. The summed E-state index contributed by atoms with van der Waals surface area (Å²) in [6.45, 7) is 4.45. The number of carbonyl (C=O) groups is 2. The van der Waals surface area contributed by atoms with Crippen molar-refractivity contribution in [2.24, 2.45) is 5.10 Å².